The van der Waals surface area contributed by atoms with E-state index < -0.39 is 0 Å². The molecule has 0 saturated carbocycles. The maximum Gasteiger partial charge on any atom is 0.256 e. The van der Waals surface area contributed by atoms with Gasteiger partial charge in [0.15, 0.2) is 0 Å². The summed E-state index contributed by atoms with van der Waals surface area (Å²) in [6.07, 6.45) is 0. The van der Waals surface area contributed by atoms with Gasteiger partial charge in [0, 0.05) is 25.1 Å². The van der Waals surface area contributed by atoms with E-state index >= 15 is 0 Å². The highest BCUT2D eigenvalue weighted by Crippen LogP contribution is 2.36. The second-order valence-corrected chi connectivity index (χ2v) is 9.45. The van der Waals surface area contributed by atoms with E-state index in [0.717, 1.165) is 40.8 Å². The number of halogens is 2. The smallest absolute Gasteiger partial charge is 0.256 e. The van der Waals surface area contributed by atoms with Gasteiger partial charge in [-0.2, -0.15) is 0 Å². The second kappa shape index (κ2) is 7.98. The van der Waals surface area contributed by atoms with Gasteiger partial charge in [0.25, 0.3) is 5.91 Å². The van der Waals surface area contributed by atoms with Crippen molar-refractivity contribution in [3.63, 3.8) is 0 Å². The Kier molecular flexibility index (Phi) is 5.18. The van der Waals surface area contributed by atoms with E-state index in [4.69, 9.17) is 16.6 Å². The largest absolute Gasteiger partial charge is 0.321 e. The van der Waals surface area contributed by atoms with Crippen LogP contribution >= 0.6 is 45.5 Å². The van der Waals surface area contributed by atoms with Crippen molar-refractivity contribution >= 4 is 78.1 Å². The number of benzene rings is 4. The fraction of sp³-hybridized carbons (Fsp3) is 0. The number of aromatic nitrogens is 1. The molecule has 3 nitrogen and oxygen atoms in total. The summed E-state index contributed by atoms with van der Waals surface area (Å²) in [5, 5.41) is 6.29. The SMILES string of the molecule is O=C(Nc1ccc(I)cc1-c1nc2ccccc2s1)c1cccc2c(Cl)cccc12. The number of anilines is 1. The molecule has 0 atom stereocenters. The maximum absolute atomic E-state index is 13.2. The Morgan fingerprint density at radius 3 is 2.60 bits per heavy atom. The van der Waals surface area contributed by atoms with Crippen molar-refractivity contribution in [2.24, 2.45) is 0 Å². The predicted octanol–water partition coefficient (Wildman–Crippen LogP) is 7.63. The fourth-order valence-corrected chi connectivity index (χ4v) is 5.17. The van der Waals surface area contributed by atoms with E-state index in [1.807, 2.05) is 72.8 Å². The lowest BCUT2D eigenvalue weighted by atomic mass is 10.0. The van der Waals surface area contributed by atoms with Gasteiger partial charge >= 0.3 is 0 Å². The second-order valence-electron chi connectivity index (χ2n) is 6.77. The molecule has 5 aromatic rings. The van der Waals surface area contributed by atoms with E-state index in [-0.39, 0.29) is 5.91 Å². The van der Waals surface area contributed by atoms with Crippen molar-refractivity contribution in [2.45, 2.75) is 0 Å². The van der Waals surface area contributed by atoms with E-state index in [2.05, 4.69) is 34.0 Å². The van der Waals surface area contributed by atoms with Gasteiger partial charge in [0.2, 0.25) is 0 Å². The van der Waals surface area contributed by atoms with Crippen LogP contribution in [0.25, 0.3) is 31.6 Å². The molecule has 6 heteroatoms. The van der Waals surface area contributed by atoms with Crippen molar-refractivity contribution < 1.29 is 4.79 Å². The Bertz CT molecular complexity index is 1400. The van der Waals surface area contributed by atoms with Gasteiger partial charge in [-0.3, -0.25) is 4.79 Å². The van der Waals surface area contributed by atoms with E-state index in [9.17, 15) is 4.79 Å². The number of amides is 1. The number of rotatable bonds is 3. The summed E-state index contributed by atoms with van der Waals surface area (Å²) >= 11 is 10.2. The average Bonchev–Trinajstić information content (AvgIpc) is 3.19. The average molecular weight is 541 g/mol. The van der Waals surface area contributed by atoms with Crippen LogP contribution in [0, 0.1) is 3.57 Å². The Hall–Kier alpha value is -2.48. The van der Waals surface area contributed by atoms with Crippen LogP contribution < -0.4 is 5.32 Å². The molecule has 0 aliphatic heterocycles. The molecule has 5 rings (SSSR count). The van der Waals surface area contributed by atoms with Crippen LogP contribution in [-0.2, 0) is 0 Å². The monoisotopic (exact) mass is 540 g/mol. The molecular formula is C24H14ClIN2OS. The Morgan fingerprint density at radius 2 is 1.73 bits per heavy atom. The van der Waals surface area contributed by atoms with Crippen molar-refractivity contribution in [2.75, 3.05) is 5.32 Å². The molecule has 1 heterocycles. The molecule has 1 amide bonds. The first-order valence-electron chi connectivity index (χ1n) is 9.24. The zero-order valence-corrected chi connectivity index (χ0v) is 19.3. The van der Waals surface area contributed by atoms with Crippen molar-refractivity contribution in [3.8, 4) is 10.6 Å². The molecule has 0 saturated heterocycles. The van der Waals surface area contributed by atoms with Crippen LogP contribution in [-0.4, -0.2) is 10.9 Å². The van der Waals surface area contributed by atoms with Gasteiger partial charge < -0.3 is 5.32 Å². The van der Waals surface area contributed by atoms with Gasteiger partial charge in [-0.1, -0.05) is 48.0 Å². The van der Waals surface area contributed by atoms with Gasteiger partial charge in [-0.15, -0.1) is 11.3 Å². The van der Waals surface area contributed by atoms with Gasteiger partial charge in [-0.25, -0.2) is 4.98 Å². The van der Waals surface area contributed by atoms with E-state index in [1.165, 1.54) is 0 Å². The predicted molar refractivity (Wildman–Crippen MR) is 135 cm³/mol. The Labute approximate surface area is 195 Å². The van der Waals surface area contributed by atoms with Gasteiger partial charge in [0.05, 0.1) is 15.9 Å². The van der Waals surface area contributed by atoms with E-state index in [0.29, 0.717) is 10.6 Å². The molecule has 0 unspecified atom stereocenters. The highest BCUT2D eigenvalue weighted by atomic mass is 127. The Morgan fingerprint density at radius 1 is 0.933 bits per heavy atom. The molecule has 30 heavy (non-hydrogen) atoms. The summed E-state index contributed by atoms with van der Waals surface area (Å²) in [6.45, 7) is 0. The summed E-state index contributed by atoms with van der Waals surface area (Å²) in [6, 6.07) is 25.2. The Balaban J connectivity index is 1.57. The van der Waals surface area contributed by atoms with Crippen LogP contribution in [0.3, 0.4) is 0 Å². The summed E-state index contributed by atoms with van der Waals surface area (Å²) in [5.74, 6) is -0.175. The number of hydrogen-bond donors (Lipinski definition) is 1. The first kappa shape index (κ1) is 19.5. The first-order valence-corrected chi connectivity index (χ1v) is 11.5. The van der Waals surface area contributed by atoms with Crippen molar-refractivity contribution in [1.29, 1.82) is 0 Å². The normalized spacial score (nSPS) is 11.1. The number of para-hydroxylation sites is 1. The van der Waals surface area contributed by atoms with Crippen LogP contribution in [0.2, 0.25) is 5.02 Å². The molecule has 0 bridgehead atoms. The number of nitrogens with zero attached hydrogens (tertiary/aromatic N) is 1. The highest BCUT2D eigenvalue weighted by molar-refractivity contribution is 14.1. The summed E-state index contributed by atoms with van der Waals surface area (Å²) < 4.78 is 2.20. The number of thiazole rings is 1. The van der Waals surface area contributed by atoms with Crippen molar-refractivity contribution in [3.05, 3.63) is 93.0 Å². The quantitative estimate of drug-likeness (QED) is 0.239. The van der Waals surface area contributed by atoms with Crippen LogP contribution in [0.5, 0.6) is 0 Å². The lowest BCUT2D eigenvalue weighted by Crippen LogP contribution is -2.13. The molecule has 0 aliphatic rings. The molecular weight excluding hydrogens is 527 g/mol. The molecule has 1 N–H and O–H groups in total. The van der Waals surface area contributed by atoms with Crippen LogP contribution in [0.1, 0.15) is 10.4 Å². The van der Waals surface area contributed by atoms with Gasteiger partial charge in [-0.05, 0) is 70.4 Å². The molecule has 0 aliphatic carbocycles. The zero-order chi connectivity index (χ0) is 20.7. The van der Waals surface area contributed by atoms with E-state index in [1.54, 1.807) is 11.3 Å². The molecule has 4 aromatic carbocycles. The number of fused-ring (bicyclic) bond motifs is 2. The standard InChI is InChI=1S/C24H14ClIN2OS/c25-19-8-4-5-15-16(19)6-3-7-17(15)23(29)27-20-12-11-14(26)13-18(20)24-28-21-9-1-2-10-22(21)30-24/h1-13H,(H,27,29). The molecule has 0 spiro atoms. The number of carbonyl (C=O) groups excluding carboxylic acids is 1. The molecule has 146 valence electrons. The zero-order valence-electron chi connectivity index (χ0n) is 15.5. The lowest BCUT2D eigenvalue weighted by molar-refractivity contribution is 0.102. The minimum Gasteiger partial charge on any atom is -0.321 e. The minimum atomic E-state index is -0.175. The summed E-state index contributed by atoms with van der Waals surface area (Å²) in [4.78, 5) is 18.0. The molecule has 1 aromatic heterocycles. The van der Waals surface area contributed by atoms with Gasteiger partial charge in [0.1, 0.15) is 5.01 Å². The third-order valence-corrected chi connectivity index (χ3v) is 6.94. The number of carbonyl (C=O) groups is 1. The van der Waals surface area contributed by atoms with Crippen LogP contribution in [0.4, 0.5) is 5.69 Å². The first-order chi connectivity index (χ1) is 14.6. The summed E-state index contributed by atoms with van der Waals surface area (Å²) in [7, 11) is 0. The minimum absolute atomic E-state index is 0.175. The molecule has 0 radical (unpaired) electrons. The topological polar surface area (TPSA) is 42.0 Å². The third-order valence-electron chi connectivity index (χ3n) is 4.87. The lowest BCUT2D eigenvalue weighted by Gasteiger charge is -2.12. The molecule has 0 fully saturated rings. The fourth-order valence-electron chi connectivity index (χ4n) is 3.45. The maximum atomic E-state index is 13.2. The number of hydrogen-bond acceptors (Lipinski definition) is 3. The van der Waals surface area contributed by atoms with Crippen LogP contribution in [0.15, 0.2) is 78.9 Å². The number of nitrogens with one attached hydrogen (secondary N) is 1. The third kappa shape index (κ3) is 3.57. The summed E-state index contributed by atoms with van der Waals surface area (Å²) in [5.41, 5.74) is 3.19. The van der Waals surface area contributed by atoms with Crippen molar-refractivity contribution in [1.82, 2.24) is 4.98 Å². The highest BCUT2D eigenvalue weighted by Gasteiger charge is 2.16.